The molecule has 0 radical (unpaired) electrons. The van der Waals surface area contributed by atoms with Crippen molar-refractivity contribution in [3.8, 4) is 0 Å². The fraction of sp³-hybridized carbons (Fsp3) is 0.333. The number of carbonyl (C=O) groups is 2. The van der Waals surface area contributed by atoms with E-state index in [-0.39, 0.29) is 18.4 Å². The second-order valence-corrected chi connectivity index (χ2v) is 6.67. The van der Waals surface area contributed by atoms with E-state index >= 15 is 0 Å². The van der Waals surface area contributed by atoms with E-state index in [1.165, 1.54) is 16.8 Å². The zero-order valence-corrected chi connectivity index (χ0v) is 14.7. The largest absolute Gasteiger partial charge is 0.392 e. The van der Waals surface area contributed by atoms with E-state index in [0.29, 0.717) is 25.9 Å². The van der Waals surface area contributed by atoms with Crippen LogP contribution in [-0.4, -0.2) is 47.6 Å². The first-order valence-corrected chi connectivity index (χ1v) is 8.93. The molecule has 1 fully saturated rings. The number of nitrogens with zero attached hydrogens (tertiary/aromatic N) is 1. The summed E-state index contributed by atoms with van der Waals surface area (Å²) in [6.45, 7) is 4.65. The van der Waals surface area contributed by atoms with Crippen LogP contribution in [0.5, 0.6) is 0 Å². The predicted molar refractivity (Wildman–Crippen MR) is 102 cm³/mol. The molecule has 2 aromatic rings. The number of hydrogen-bond donors (Lipinski definition) is 2. The van der Waals surface area contributed by atoms with Gasteiger partial charge in [0.2, 0.25) is 11.8 Å². The lowest BCUT2D eigenvalue weighted by atomic mass is 9.93. The van der Waals surface area contributed by atoms with Crippen molar-refractivity contribution in [3.63, 3.8) is 0 Å². The number of nitrogens with one attached hydrogen (secondary N) is 1. The predicted octanol–water partition coefficient (Wildman–Crippen LogP) is 1.89. The quantitative estimate of drug-likeness (QED) is 0.808. The van der Waals surface area contributed by atoms with E-state index in [1.807, 2.05) is 12.1 Å². The van der Waals surface area contributed by atoms with Gasteiger partial charge in [0.15, 0.2) is 0 Å². The first kappa shape index (κ1) is 18.1. The number of amides is 2. The smallest absolute Gasteiger partial charge is 0.245 e. The number of benzene rings is 2. The molecule has 0 bridgehead atoms. The Labute approximate surface area is 153 Å². The van der Waals surface area contributed by atoms with E-state index in [2.05, 4.69) is 42.2 Å². The molecule has 1 aliphatic rings. The van der Waals surface area contributed by atoms with Gasteiger partial charge in [-0.25, -0.2) is 0 Å². The Morgan fingerprint density at radius 1 is 1.23 bits per heavy atom. The lowest BCUT2D eigenvalue weighted by Gasteiger charge is -2.34. The highest BCUT2D eigenvalue weighted by atomic mass is 16.3. The van der Waals surface area contributed by atoms with E-state index in [4.69, 9.17) is 0 Å². The molecule has 1 heterocycles. The van der Waals surface area contributed by atoms with Crippen molar-refractivity contribution in [2.24, 2.45) is 5.92 Å². The van der Waals surface area contributed by atoms with Crippen LogP contribution in [0.2, 0.25) is 0 Å². The van der Waals surface area contributed by atoms with Crippen molar-refractivity contribution < 1.29 is 14.7 Å². The maximum Gasteiger partial charge on any atom is 0.245 e. The first-order chi connectivity index (χ1) is 12.6. The van der Waals surface area contributed by atoms with Crippen LogP contribution in [0.4, 0.5) is 0 Å². The molecule has 3 rings (SSSR count). The minimum atomic E-state index is -0.718. The number of likely N-dealkylation sites (tertiary alicyclic amines) is 1. The van der Waals surface area contributed by atoms with Crippen LogP contribution in [-0.2, 0) is 16.0 Å². The third kappa shape index (κ3) is 4.11. The molecule has 5 nitrogen and oxygen atoms in total. The molecule has 0 saturated carbocycles. The van der Waals surface area contributed by atoms with Gasteiger partial charge in [0.05, 0.1) is 12.0 Å². The Morgan fingerprint density at radius 2 is 2.00 bits per heavy atom. The summed E-state index contributed by atoms with van der Waals surface area (Å²) in [4.78, 5) is 25.7. The van der Waals surface area contributed by atoms with Crippen molar-refractivity contribution in [3.05, 3.63) is 60.7 Å². The Morgan fingerprint density at radius 3 is 2.77 bits per heavy atom. The van der Waals surface area contributed by atoms with Gasteiger partial charge in [0.25, 0.3) is 0 Å². The topological polar surface area (TPSA) is 69.6 Å². The number of piperidine rings is 1. The third-order valence-corrected chi connectivity index (χ3v) is 4.93. The zero-order valence-electron chi connectivity index (χ0n) is 14.7. The number of aliphatic hydroxyl groups is 1. The summed E-state index contributed by atoms with van der Waals surface area (Å²) in [6.07, 6.45) is 1.65. The highest BCUT2D eigenvalue weighted by Gasteiger charge is 2.34. The number of carbonyl (C=O) groups excluding carboxylic acids is 2. The second kappa shape index (κ2) is 8.15. The molecule has 2 aromatic carbocycles. The molecule has 2 atom stereocenters. The van der Waals surface area contributed by atoms with E-state index < -0.39 is 12.0 Å². The standard InChI is InChI=1S/C21H24N2O3/c1-2-20(25)23-12-10-19(24)18(14-23)21(26)22-11-9-15-7-8-16-5-3-4-6-17(16)13-15/h2-8,13,18-19,24H,1,9-12,14H2,(H,22,26). The van der Waals surface area contributed by atoms with Crippen LogP contribution in [0.25, 0.3) is 10.8 Å². The molecule has 2 amide bonds. The maximum atomic E-state index is 12.4. The van der Waals surface area contributed by atoms with E-state index in [9.17, 15) is 14.7 Å². The summed E-state index contributed by atoms with van der Waals surface area (Å²) in [7, 11) is 0. The maximum absolute atomic E-state index is 12.4. The molecule has 2 N–H and O–H groups in total. The van der Waals surface area contributed by atoms with Crippen molar-refractivity contribution in [2.45, 2.75) is 18.9 Å². The summed E-state index contributed by atoms with van der Waals surface area (Å²) in [6, 6.07) is 14.4. The van der Waals surface area contributed by atoms with Crippen LogP contribution in [0.15, 0.2) is 55.1 Å². The monoisotopic (exact) mass is 352 g/mol. The summed E-state index contributed by atoms with van der Waals surface area (Å²) in [5.74, 6) is -1.00. The fourth-order valence-electron chi connectivity index (χ4n) is 3.38. The van der Waals surface area contributed by atoms with Gasteiger partial charge in [-0.15, -0.1) is 0 Å². The molecule has 0 spiro atoms. The Kier molecular flexibility index (Phi) is 5.68. The average Bonchev–Trinajstić information content (AvgIpc) is 2.67. The Balaban J connectivity index is 1.55. The minimum Gasteiger partial charge on any atom is -0.392 e. The second-order valence-electron chi connectivity index (χ2n) is 6.67. The molecule has 136 valence electrons. The fourth-order valence-corrected chi connectivity index (χ4v) is 3.38. The summed E-state index contributed by atoms with van der Waals surface area (Å²) < 4.78 is 0. The molecular weight excluding hydrogens is 328 g/mol. The van der Waals surface area contributed by atoms with E-state index in [1.54, 1.807) is 4.90 Å². The number of hydrogen-bond acceptors (Lipinski definition) is 3. The van der Waals surface area contributed by atoms with Crippen LogP contribution < -0.4 is 5.32 Å². The average molecular weight is 352 g/mol. The normalized spacial score (nSPS) is 20.0. The summed E-state index contributed by atoms with van der Waals surface area (Å²) >= 11 is 0. The number of rotatable bonds is 5. The van der Waals surface area contributed by atoms with Crippen molar-refractivity contribution in [1.29, 1.82) is 0 Å². The first-order valence-electron chi connectivity index (χ1n) is 8.93. The van der Waals surface area contributed by atoms with Crippen LogP contribution in [0.1, 0.15) is 12.0 Å². The van der Waals surface area contributed by atoms with Crippen molar-refractivity contribution in [1.82, 2.24) is 10.2 Å². The SMILES string of the molecule is C=CC(=O)N1CCC(O)C(C(=O)NCCc2ccc3ccccc3c2)C1. The Bertz CT molecular complexity index is 818. The molecule has 5 heteroatoms. The van der Waals surface area contributed by atoms with Gasteiger partial charge in [-0.3, -0.25) is 9.59 Å². The minimum absolute atomic E-state index is 0.203. The number of aliphatic hydroxyl groups excluding tert-OH is 1. The van der Waals surface area contributed by atoms with Gasteiger partial charge in [-0.2, -0.15) is 0 Å². The third-order valence-electron chi connectivity index (χ3n) is 4.93. The summed E-state index contributed by atoms with van der Waals surface area (Å²) in [5, 5.41) is 15.4. The van der Waals surface area contributed by atoms with Gasteiger partial charge < -0.3 is 15.3 Å². The van der Waals surface area contributed by atoms with Crippen LogP contribution in [0, 0.1) is 5.92 Å². The summed E-state index contributed by atoms with van der Waals surface area (Å²) in [5.41, 5.74) is 1.15. The Hall–Kier alpha value is -2.66. The van der Waals surface area contributed by atoms with Crippen molar-refractivity contribution >= 4 is 22.6 Å². The lowest BCUT2D eigenvalue weighted by molar-refractivity contribution is -0.137. The van der Waals surface area contributed by atoms with Gasteiger partial charge in [0.1, 0.15) is 0 Å². The van der Waals surface area contributed by atoms with Gasteiger partial charge >= 0.3 is 0 Å². The highest BCUT2D eigenvalue weighted by molar-refractivity contribution is 5.88. The molecule has 0 aromatic heterocycles. The lowest BCUT2D eigenvalue weighted by Crippen LogP contribution is -2.51. The van der Waals surface area contributed by atoms with Gasteiger partial charge in [-0.1, -0.05) is 49.0 Å². The van der Waals surface area contributed by atoms with Gasteiger partial charge in [0, 0.05) is 19.6 Å². The molecule has 1 saturated heterocycles. The van der Waals surface area contributed by atoms with Crippen LogP contribution in [0.3, 0.4) is 0 Å². The molecular formula is C21H24N2O3. The van der Waals surface area contributed by atoms with E-state index in [0.717, 1.165) is 5.56 Å². The number of fused-ring (bicyclic) bond motifs is 1. The zero-order chi connectivity index (χ0) is 18.5. The molecule has 2 unspecified atom stereocenters. The molecule has 26 heavy (non-hydrogen) atoms. The molecule has 0 aliphatic carbocycles. The molecule has 1 aliphatic heterocycles. The van der Waals surface area contributed by atoms with Gasteiger partial charge in [-0.05, 0) is 35.3 Å². The van der Waals surface area contributed by atoms with Crippen molar-refractivity contribution in [2.75, 3.05) is 19.6 Å². The van der Waals surface area contributed by atoms with Crippen LogP contribution >= 0.6 is 0 Å². The highest BCUT2D eigenvalue weighted by Crippen LogP contribution is 2.18.